The van der Waals surface area contributed by atoms with Crippen LogP contribution in [-0.2, 0) is 4.79 Å². The highest BCUT2D eigenvalue weighted by atomic mass is 35.5. The van der Waals surface area contributed by atoms with Crippen LogP contribution in [0.15, 0.2) is 23.4 Å². The molecule has 0 spiro atoms. The molecule has 1 N–H and O–H groups in total. The Labute approximate surface area is 119 Å². The van der Waals surface area contributed by atoms with Crippen molar-refractivity contribution in [2.75, 3.05) is 5.75 Å². The average molecular weight is 298 g/mol. The number of hydrogen-bond donors (Lipinski definition) is 1. The highest BCUT2D eigenvalue weighted by molar-refractivity contribution is 7.99. The zero-order chi connectivity index (χ0) is 14.0. The lowest BCUT2D eigenvalue weighted by Crippen LogP contribution is -2.03. The van der Waals surface area contributed by atoms with Gasteiger partial charge in [0.1, 0.15) is 5.82 Å². The van der Waals surface area contributed by atoms with Crippen molar-refractivity contribution in [2.24, 2.45) is 0 Å². The summed E-state index contributed by atoms with van der Waals surface area (Å²) in [6.07, 6.45) is 0. The summed E-state index contributed by atoms with van der Waals surface area (Å²) in [6, 6.07) is 5.64. The van der Waals surface area contributed by atoms with Crippen molar-refractivity contribution in [2.45, 2.75) is 19.0 Å². The molecule has 0 bridgehead atoms. The maximum absolute atomic E-state index is 10.6. The van der Waals surface area contributed by atoms with Gasteiger partial charge in [-0.1, -0.05) is 29.4 Å². The van der Waals surface area contributed by atoms with Gasteiger partial charge in [0.2, 0.25) is 0 Å². The fourth-order valence-electron chi connectivity index (χ4n) is 1.63. The predicted molar refractivity (Wildman–Crippen MR) is 74.2 cm³/mol. The third-order valence-electron chi connectivity index (χ3n) is 2.46. The molecule has 0 unspecified atom stereocenters. The highest BCUT2D eigenvalue weighted by Crippen LogP contribution is 2.27. The zero-order valence-electron chi connectivity index (χ0n) is 10.4. The molecule has 0 saturated carbocycles. The number of halogens is 1. The monoisotopic (exact) mass is 297 g/mol. The molecule has 100 valence electrons. The van der Waals surface area contributed by atoms with E-state index in [9.17, 15) is 4.79 Å². The molecule has 0 aliphatic rings. The van der Waals surface area contributed by atoms with Gasteiger partial charge in [-0.15, -0.1) is 10.2 Å². The Balaban J connectivity index is 2.46. The van der Waals surface area contributed by atoms with Crippen molar-refractivity contribution in [3.8, 4) is 5.69 Å². The maximum atomic E-state index is 10.6. The Morgan fingerprint density at radius 1 is 1.42 bits per heavy atom. The minimum atomic E-state index is -0.896. The number of benzene rings is 1. The van der Waals surface area contributed by atoms with Crippen molar-refractivity contribution >= 4 is 29.3 Å². The molecule has 0 aliphatic carbocycles. The van der Waals surface area contributed by atoms with Crippen LogP contribution in [0.1, 0.15) is 11.4 Å². The smallest absolute Gasteiger partial charge is 0.313 e. The summed E-state index contributed by atoms with van der Waals surface area (Å²) in [5.74, 6) is -0.297. The molecule has 7 heteroatoms. The molecule has 0 amide bonds. The summed E-state index contributed by atoms with van der Waals surface area (Å²) in [5, 5.41) is 17.8. The number of aryl methyl sites for hydroxylation is 2. The molecule has 2 aromatic rings. The Kier molecular flexibility index (Phi) is 4.11. The molecule has 0 fully saturated rings. The molecule has 5 nitrogen and oxygen atoms in total. The minimum Gasteiger partial charge on any atom is -0.481 e. The summed E-state index contributed by atoms with van der Waals surface area (Å²) < 4.78 is 1.77. The van der Waals surface area contributed by atoms with Gasteiger partial charge < -0.3 is 5.11 Å². The first-order valence-corrected chi connectivity index (χ1v) is 6.88. The van der Waals surface area contributed by atoms with Crippen LogP contribution < -0.4 is 0 Å². The SMILES string of the molecule is Cc1ccc(Cl)c(-n2c(C)nnc2SCC(=O)O)c1. The van der Waals surface area contributed by atoms with Crippen LogP contribution in [0.5, 0.6) is 0 Å². The largest absolute Gasteiger partial charge is 0.481 e. The molecule has 19 heavy (non-hydrogen) atoms. The van der Waals surface area contributed by atoms with Gasteiger partial charge in [-0.25, -0.2) is 0 Å². The second-order valence-corrected chi connectivity index (χ2v) is 5.35. The first-order chi connectivity index (χ1) is 8.99. The van der Waals surface area contributed by atoms with E-state index in [0.717, 1.165) is 23.0 Å². The van der Waals surface area contributed by atoms with Crippen molar-refractivity contribution in [3.63, 3.8) is 0 Å². The third-order valence-corrected chi connectivity index (χ3v) is 3.70. The predicted octanol–water partition coefficient (Wildman–Crippen LogP) is 2.71. The van der Waals surface area contributed by atoms with Gasteiger partial charge in [-0.05, 0) is 31.5 Å². The minimum absolute atomic E-state index is 0.0679. The second-order valence-electron chi connectivity index (χ2n) is 4.00. The van der Waals surface area contributed by atoms with Crippen LogP contribution in [0.2, 0.25) is 5.02 Å². The number of aromatic nitrogens is 3. The number of carboxylic acids is 1. The standard InChI is InChI=1S/C12H12ClN3O2S/c1-7-3-4-9(13)10(5-7)16-8(2)14-15-12(16)19-6-11(17)18/h3-5H,6H2,1-2H3,(H,17,18). The number of rotatable bonds is 4. The van der Waals surface area contributed by atoms with Gasteiger partial charge in [0.15, 0.2) is 5.16 Å². The molecular formula is C12H12ClN3O2S. The molecule has 0 atom stereocenters. The van der Waals surface area contributed by atoms with E-state index < -0.39 is 5.97 Å². The summed E-state index contributed by atoms with van der Waals surface area (Å²) in [6.45, 7) is 3.76. The fraction of sp³-hybridized carbons (Fsp3) is 0.250. The lowest BCUT2D eigenvalue weighted by Gasteiger charge is -2.10. The van der Waals surface area contributed by atoms with E-state index in [1.54, 1.807) is 17.6 Å². The van der Waals surface area contributed by atoms with Gasteiger partial charge in [-0.2, -0.15) is 0 Å². The van der Waals surface area contributed by atoms with E-state index in [0.29, 0.717) is 16.0 Å². The Morgan fingerprint density at radius 3 is 2.84 bits per heavy atom. The second kappa shape index (κ2) is 5.63. The summed E-state index contributed by atoms with van der Waals surface area (Å²) in [5.41, 5.74) is 1.82. The number of carbonyl (C=O) groups is 1. The number of nitrogens with zero attached hydrogens (tertiary/aromatic N) is 3. The Hall–Kier alpha value is -1.53. The van der Waals surface area contributed by atoms with Gasteiger partial charge in [0, 0.05) is 0 Å². The maximum Gasteiger partial charge on any atom is 0.313 e. The molecule has 2 rings (SSSR count). The van der Waals surface area contributed by atoms with Crippen molar-refractivity contribution in [3.05, 3.63) is 34.6 Å². The van der Waals surface area contributed by atoms with Crippen LogP contribution >= 0.6 is 23.4 Å². The van der Waals surface area contributed by atoms with Gasteiger partial charge in [0.25, 0.3) is 0 Å². The van der Waals surface area contributed by atoms with Gasteiger partial charge in [0.05, 0.1) is 16.5 Å². The van der Waals surface area contributed by atoms with Gasteiger partial charge >= 0.3 is 5.97 Å². The van der Waals surface area contributed by atoms with Crippen molar-refractivity contribution in [1.82, 2.24) is 14.8 Å². The van der Waals surface area contributed by atoms with E-state index in [2.05, 4.69) is 10.2 Å². The summed E-state index contributed by atoms with van der Waals surface area (Å²) in [4.78, 5) is 10.6. The first-order valence-electron chi connectivity index (χ1n) is 5.52. The normalized spacial score (nSPS) is 10.7. The van der Waals surface area contributed by atoms with E-state index in [4.69, 9.17) is 16.7 Å². The number of hydrogen-bond acceptors (Lipinski definition) is 4. The van der Waals surface area contributed by atoms with Crippen molar-refractivity contribution in [1.29, 1.82) is 0 Å². The number of thioether (sulfide) groups is 1. The first kappa shape index (κ1) is 13.9. The number of carboxylic acid groups (broad SMARTS) is 1. The highest BCUT2D eigenvalue weighted by Gasteiger charge is 2.15. The van der Waals surface area contributed by atoms with E-state index in [1.165, 1.54) is 0 Å². The molecule has 0 aliphatic heterocycles. The molecule has 1 aromatic heterocycles. The number of aliphatic carboxylic acids is 1. The zero-order valence-corrected chi connectivity index (χ0v) is 12.0. The molecular weight excluding hydrogens is 286 g/mol. The van der Waals surface area contributed by atoms with E-state index in [1.807, 2.05) is 19.1 Å². The summed E-state index contributed by atoms with van der Waals surface area (Å²) in [7, 11) is 0. The topological polar surface area (TPSA) is 68.0 Å². The summed E-state index contributed by atoms with van der Waals surface area (Å²) >= 11 is 7.31. The molecule has 0 radical (unpaired) electrons. The van der Waals surface area contributed by atoms with Crippen LogP contribution in [0.3, 0.4) is 0 Å². The fourth-order valence-corrected chi connectivity index (χ4v) is 2.55. The molecule has 1 heterocycles. The Bertz CT molecular complexity index is 627. The van der Waals surface area contributed by atoms with Crippen LogP contribution in [0, 0.1) is 13.8 Å². The quantitative estimate of drug-likeness (QED) is 0.879. The molecule has 0 saturated heterocycles. The van der Waals surface area contributed by atoms with Crippen molar-refractivity contribution < 1.29 is 9.90 Å². The lowest BCUT2D eigenvalue weighted by molar-refractivity contribution is -0.133. The van der Waals surface area contributed by atoms with Crippen LogP contribution in [0.25, 0.3) is 5.69 Å². The Morgan fingerprint density at radius 2 is 2.16 bits per heavy atom. The van der Waals surface area contributed by atoms with Crippen LogP contribution in [-0.4, -0.2) is 31.6 Å². The third kappa shape index (κ3) is 3.08. The average Bonchev–Trinajstić information content (AvgIpc) is 2.71. The van der Waals surface area contributed by atoms with E-state index in [-0.39, 0.29) is 5.75 Å². The van der Waals surface area contributed by atoms with E-state index >= 15 is 0 Å². The van der Waals surface area contributed by atoms with Gasteiger partial charge in [-0.3, -0.25) is 9.36 Å². The lowest BCUT2D eigenvalue weighted by atomic mass is 10.2. The van der Waals surface area contributed by atoms with Crippen LogP contribution in [0.4, 0.5) is 0 Å². The molecule has 1 aromatic carbocycles.